The van der Waals surface area contributed by atoms with Crippen molar-refractivity contribution >= 4 is 17.6 Å². The van der Waals surface area contributed by atoms with E-state index in [1.165, 1.54) is 0 Å². The summed E-state index contributed by atoms with van der Waals surface area (Å²) in [6, 6.07) is 1.77. The number of aliphatic carboxylic acids is 1. The van der Waals surface area contributed by atoms with Gasteiger partial charge in [-0.15, -0.1) is 0 Å². The minimum atomic E-state index is -1.30. The average Bonchev–Trinajstić information content (AvgIpc) is 2.10. The van der Waals surface area contributed by atoms with E-state index in [1.807, 2.05) is 0 Å². The molecule has 5 heteroatoms. The maximum absolute atomic E-state index is 13.7. The Morgan fingerprint density at radius 1 is 1.38 bits per heavy atom. The Kier molecular flexibility index (Phi) is 2.62. The van der Waals surface area contributed by atoms with Gasteiger partial charge in [0.05, 0.1) is 10.4 Å². The van der Waals surface area contributed by atoms with Gasteiger partial charge in [-0.25, -0.2) is 8.78 Å². The second-order valence-electron chi connectivity index (χ2n) is 3.99. The fourth-order valence-electron chi connectivity index (χ4n) is 2.03. The lowest BCUT2D eigenvalue weighted by molar-refractivity contribution is -0.147. The van der Waals surface area contributed by atoms with Crippen molar-refractivity contribution in [3.63, 3.8) is 0 Å². The minimum absolute atomic E-state index is 0.142. The standard InChI is InChI=1S/C11H9ClF2O2/c12-8-5-6(13)4-7(9(8)14)11(10(15)16)2-1-3-11/h4-5H,1-3H2,(H,15,16). The van der Waals surface area contributed by atoms with E-state index in [2.05, 4.69) is 0 Å². The third-order valence-electron chi connectivity index (χ3n) is 3.13. The van der Waals surface area contributed by atoms with Crippen LogP contribution >= 0.6 is 11.6 Å². The Labute approximate surface area is 95.8 Å². The molecule has 1 saturated carbocycles. The van der Waals surface area contributed by atoms with Crippen LogP contribution in [0.5, 0.6) is 0 Å². The van der Waals surface area contributed by atoms with Crippen molar-refractivity contribution < 1.29 is 18.7 Å². The summed E-state index contributed by atoms with van der Waals surface area (Å²) in [7, 11) is 0. The lowest BCUT2D eigenvalue weighted by Gasteiger charge is -2.38. The molecule has 1 aliphatic rings. The third-order valence-corrected chi connectivity index (χ3v) is 3.40. The first-order valence-electron chi connectivity index (χ1n) is 4.86. The molecule has 1 N–H and O–H groups in total. The Hall–Kier alpha value is -1.16. The molecule has 0 atom stereocenters. The summed E-state index contributed by atoms with van der Waals surface area (Å²) in [4.78, 5) is 11.1. The van der Waals surface area contributed by atoms with Crippen LogP contribution in [-0.2, 0) is 10.2 Å². The topological polar surface area (TPSA) is 37.3 Å². The highest BCUT2D eigenvalue weighted by atomic mass is 35.5. The van der Waals surface area contributed by atoms with Gasteiger partial charge in [-0.3, -0.25) is 4.79 Å². The summed E-state index contributed by atoms with van der Waals surface area (Å²) in [5, 5.41) is 8.74. The summed E-state index contributed by atoms with van der Waals surface area (Å²) in [6.07, 6.45) is 1.33. The first-order chi connectivity index (χ1) is 7.47. The smallest absolute Gasteiger partial charge is 0.314 e. The Balaban J connectivity index is 2.59. The van der Waals surface area contributed by atoms with E-state index in [0.29, 0.717) is 19.3 Å². The van der Waals surface area contributed by atoms with Crippen molar-refractivity contribution in [1.29, 1.82) is 0 Å². The molecule has 0 bridgehead atoms. The normalized spacial score (nSPS) is 17.9. The SMILES string of the molecule is O=C(O)C1(c2cc(F)cc(Cl)c2F)CCC1. The van der Waals surface area contributed by atoms with Gasteiger partial charge in [-0.1, -0.05) is 18.0 Å². The van der Waals surface area contributed by atoms with Gasteiger partial charge < -0.3 is 5.11 Å². The molecule has 16 heavy (non-hydrogen) atoms. The summed E-state index contributed by atoms with van der Waals surface area (Å²) >= 11 is 5.50. The average molecular weight is 247 g/mol. The molecule has 2 rings (SSSR count). The number of halogens is 3. The van der Waals surface area contributed by atoms with Gasteiger partial charge in [-0.2, -0.15) is 0 Å². The molecule has 0 saturated heterocycles. The van der Waals surface area contributed by atoms with Crippen LogP contribution in [0.4, 0.5) is 8.78 Å². The molecule has 86 valence electrons. The van der Waals surface area contributed by atoms with Crippen molar-refractivity contribution in [1.82, 2.24) is 0 Å². The maximum Gasteiger partial charge on any atom is 0.314 e. The monoisotopic (exact) mass is 246 g/mol. The van der Waals surface area contributed by atoms with E-state index in [-0.39, 0.29) is 10.6 Å². The van der Waals surface area contributed by atoms with Crippen LogP contribution in [0.1, 0.15) is 24.8 Å². The Morgan fingerprint density at radius 2 is 2.00 bits per heavy atom. The zero-order valence-corrected chi connectivity index (χ0v) is 9.02. The molecular formula is C11H9ClF2O2. The van der Waals surface area contributed by atoms with Gasteiger partial charge in [0.1, 0.15) is 11.6 Å². The van der Waals surface area contributed by atoms with Crippen LogP contribution in [0.2, 0.25) is 5.02 Å². The van der Waals surface area contributed by atoms with Crippen LogP contribution in [-0.4, -0.2) is 11.1 Å². The van der Waals surface area contributed by atoms with Crippen LogP contribution in [0.15, 0.2) is 12.1 Å². The molecule has 0 amide bonds. The quantitative estimate of drug-likeness (QED) is 0.814. The number of carboxylic acids is 1. The molecule has 0 aromatic heterocycles. The largest absolute Gasteiger partial charge is 0.481 e. The predicted octanol–water partition coefficient (Wildman–Crippen LogP) is 3.12. The lowest BCUT2D eigenvalue weighted by atomic mass is 9.64. The highest BCUT2D eigenvalue weighted by Gasteiger charge is 2.48. The van der Waals surface area contributed by atoms with E-state index >= 15 is 0 Å². The third kappa shape index (κ3) is 1.48. The van der Waals surface area contributed by atoms with Gasteiger partial charge in [0.2, 0.25) is 0 Å². The summed E-state index contributed by atoms with van der Waals surface area (Å²) in [5.74, 6) is -2.67. The molecule has 1 aromatic rings. The number of hydrogen-bond donors (Lipinski definition) is 1. The molecular weight excluding hydrogens is 238 g/mol. The van der Waals surface area contributed by atoms with E-state index < -0.39 is 23.0 Å². The summed E-state index contributed by atoms with van der Waals surface area (Å²) in [6.45, 7) is 0. The molecule has 0 aliphatic heterocycles. The zero-order valence-electron chi connectivity index (χ0n) is 8.27. The fourth-order valence-corrected chi connectivity index (χ4v) is 2.24. The van der Waals surface area contributed by atoms with Crippen molar-refractivity contribution in [2.24, 2.45) is 0 Å². The van der Waals surface area contributed by atoms with Gasteiger partial charge in [0.15, 0.2) is 0 Å². The van der Waals surface area contributed by atoms with Crippen LogP contribution in [0, 0.1) is 11.6 Å². The fraction of sp³-hybridized carbons (Fsp3) is 0.364. The number of carboxylic acid groups (broad SMARTS) is 1. The molecule has 1 fully saturated rings. The summed E-state index contributed by atoms with van der Waals surface area (Å²) in [5.41, 5.74) is -1.44. The van der Waals surface area contributed by atoms with Crippen molar-refractivity contribution in [2.75, 3.05) is 0 Å². The molecule has 0 spiro atoms. The Bertz CT molecular complexity index is 456. The molecule has 0 unspecified atom stereocenters. The van der Waals surface area contributed by atoms with E-state index in [9.17, 15) is 13.6 Å². The Morgan fingerprint density at radius 3 is 2.44 bits per heavy atom. The second-order valence-corrected chi connectivity index (χ2v) is 4.40. The van der Waals surface area contributed by atoms with Gasteiger partial charge >= 0.3 is 5.97 Å². The molecule has 1 aromatic carbocycles. The molecule has 0 radical (unpaired) electrons. The lowest BCUT2D eigenvalue weighted by Crippen LogP contribution is -2.43. The number of benzene rings is 1. The van der Waals surface area contributed by atoms with E-state index in [4.69, 9.17) is 16.7 Å². The van der Waals surface area contributed by atoms with Crippen LogP contribution < -0.4 is 0 Å². The van der Waals surface area contributed by atoms with Gasteiger partial charge in [0, 0.05) is 5.56 Å². The second kappa shape index (κ2) is 3.70. The molecule has 2 nitrogen and oxygen atoms in total. The molecule has 1 aliphatic carbocycles. The highest BCUT2D eigenvalue weighted by Crippen LogP contribution is 2.46. The summed E-state index contributed by atoms with van der Waals surface area (Å²) < 4.78 is 26.8. The van der Waals surface area contributed by atoms with Crippen LogP contribution in [0.3, 0.4) is 0 Å². The van der Waals surface area contributed by atoms with Crippen molar-refractivity contribution in [3.8, 4) is 0 Å². The van der Waals surface area contributed by atoms with Crippen molar-refractivity contribution in [2.45, 2.75) is 24.7 Å². The van der Waals surface area contributed by atoms with Gasteiger partial charge in [0.25, 0.3) is 0 Å². The first-order valence-corrected chi connectivity index (χ1v) is 5.23. The highest BCUT2D eigenvalue weighted by molar-refractivity contribution is 6.30. The minimum Gasteiger partial charge on any atom is -0.481 e. The first kappa shape index (κ1) is 11.3. The van der Waals surface area contributed by atoms with Crippen molar-refractivity contribution in [3.05, 3.63) is 34.4 Å². The van der Waals surface area contributed by atoms with E-state index in [0.717, 1.165) is 12.1 Å². The molecule has 0 heterocycles. The van der Waals surface area contributed by atoms with Gasteiger partial charge in [-0.05, 0) is 25.0 Å². The number of hydrogen-bond acceptors (Lipinski definition) is 1. The maximum atomic E-state index is 13.7. The predicted molar refractivity (Wildman–Crippen MR) is 54.5 cm³/mol. The zero-order chi connectivity index (χ0) is 11.9. The van der Waals surface area contributed by atoms with Crippen LogP contribution in [0.25, 0.3) is 0 Å². The number of rotatable bonds is 2. The van der Waals surface area contributed by atoms with E-state index in [1.54, 1.807) is 0 Å². The number of carbonyl (C=O) groups is 1.